The summed E-state index contributed by atoms with van der Waals surface area (Å²) >= 11 is 0. The maximum absolute atomic E-state index is 12.9. The van der Waals surface area contributed by atoms with Crippen LogP contribution < -0.4 is 10.6 Å². The van der Waals surface area contributed by atoms with Crippen LogP contribution in [0.15, 0.2) is 29.3 Å². The molecule has 1 aromatic rings. The van der Waals surface area contributed by atoms with Gasteiger partial charge in [-0.15, -0.1) is 0 Å². The number of hydrogen-bond donors (Lipinski definition) is 2. The Morgan fingerprint density at radius 2 is 1.94 bits per heavy atom. The van der Waals surface area contributed by atoms with Crippen molar-refractivity contribution in [2.75, 3.05) is 13.1 Å². The third kappa shape index (κ3) is 1.86. The number of aliphatic imine (C=N–C) groups is 1. The van der Waals surface area contributed by atoms with Gasteiger partial charge in [0.1, 0.15) is 5.84 Å². The zero-order valence-electron chi connectivity index (χ0n) is 9.46. The second-order valence-corrected chi connectivity index (χ2v) is 4.50. The summed E-state index contributed by atoms with van der Waals surface area (Å²) in [7, 11) is 0. The Labute approximate surface area is 102 Å². The van der Waals surface area contributed by atoms with Crippen LogP contribution in [0.25, 0.3) is 0 Å². The number of benzene rings is 1. The molecule has 18 heavy (non-hydrogen) atoms. The Morgan fingerprint density at radius 1 is 1.17 bits per heavy atom. The molecule has 0 radical (unpaired) electrons. The number of nitrogens with one attached hydrogen (secondary N) is 2. The number of rotatable bonds is 1. The highest BCUT2D eigenvalue weighted by molar-refractivity contribution is 6.01. The Morgan fingerprint density at radius 3 is 2.67 bits per heavy atom. The molecule has 2 aliphatic heterocycles. The molecule has 0 spiro atoms. The number of halogens is 3. The van der Waals surface area contributed by atoms with Crippen LogP contribution in [0.1, 0.15) is 11.1 Å². The van der Waals surface area contributed by atoms with Crippen molar-refractivity contribution in [1.29, 1.82) is 0 Å². The van der Waals surface area contributed by atoms with Gasteiger partial charge in [-0.05, 0) is 6.07 Å². The predicted octanol–water partition coefficient (Wildman–Crippen LogP) is 1.40. The van der Waals surface area contributed by atoms with Crippen molar-refractivity contribution in [3.63, 3.8) is 0 Å². The molecular formula is C12H12F3N3. The average molecular weight is 255 g/mol. The first-order valence-electron chi connectivity index (χ1n) is 5.77. The van der Waals surface area contributed by atoms with Gasteiger partial charge >= 0.3 is 6.18 Å². The molecule has 3 nitrogen and oxygen atoms in total. The summed E-state index contributed by atoms with van der Waals surface area (Å²) in [4.78, 5) is 4.34. The predicted molar refractivity (Wildman–Crippen MR) is 61.6 cm³/mol. The van der Waals surface area contributed by atoms with Crippen molar-refractivity contribution >= 4 is 5.84 Å². The van der Waals surface area contributed by atoms with E-state index in [-0.39, 0.29) is 17.6 Å². The second kappa shape index (κ2) is 3.98. The smallest absolute Gasteiger partial charge is 0.364 e. The minimum absolute atomic E-state index is 0.0429. The number of hydrogen-bond acceptors (Lipinski definition) is 3. The normalized spacial score (nSPS) is 26.7. The van der Waals surface area contributed by atoms with Gasteiger partial charge < -0.3 is 10.6 Å². The van der Waals surface area contributed by atoms with Gasteiger partial charge in [0.25, 0.3) is 0 Å². The molecule has 96 valence electrons. The lowest BCUT2D eigenvalue weighted by Gasteiger charge is -2.14. The highest BCUT2D eigenvalue weighted by Gasteiger charge is 2.38. The van der Waals surface area contributed by atoms with E-state index in [4.69, 9.17) is 0 Å². The summed E-state index contributed by atoms with van der Waals surface area (Å²) in [5, 5.41) is 6.22. The van der Waals surface area contributed by atoms with Crippen LogP contribution in [0.5, 0.6) is 0 Å². The molecule has 2 atom stereocenters. The highest BCUT2D eigenvalue weighted by atomic mass is 19.4. The first-order chi connectivity index (χ1) is 8.55. The summed E-state index contributed by atoms with van der Waals surface area (Å²) in [6.07, 6.45) is -4.35. The Balaban J connectivity index is 1.98. The second-order valence-electron chi connectivity index (χ2n) is 4.50. The lowest BCUT2D eigenvalue weighted by molar-refractivity contribution is -0.137. The van der Waals surface area contributed by atoms with Crippen molar-refractivity contribution in [1.82, 2.24) is 10.6 Å². The Bertz CT molecular complexity index is 496. The van der Waals surface area contributed by atoms with Crippen LogP contribution >= 0.6 is 0 Å². The molecule has 2 unspecified atom stereocenters. The van der Waals surface area contributed by atoms with E-state index < -0.39 is 11.7 Å². The SMILES string of the molecule is FC(F)(F)c1ccccc1C1=NC2CNCC2N1. The van der Waals surface area contributed by atoms with Gasteiger partial charge in [0.15, 0.2) is 0 Å². The summed E-state index contributed by atoms with van der Waals surface area (Å²) in [5.74, 6) is 0.361. The van der Waals surface area contributed by atoms with Crippen molar-refractivity contribution in [3.8, 4) is 0 Å². The molecule has 0 aliphatic carbocycles. The van der Waals surface area contributed by atoms with Crippen molar-refractivity contribution in [2.24, 2.45) is 4.99 Å². The lowest BCUT2D eigenvalue weighted by atomic mass is 10.1. The van der Waals surface area contributed by atoms with Crippen LogP contribution in [0.2, 0.25) is 0 Å². The van der Waals surface area contributed by atoms with E-state index in [1.54, 1.807) is 6.07 Å². The van der Waals surface area contributed by atoms with Gasteiger partial charge in [-0.2, -0.15) is 13.2 Å². The van der Waals surface area contributed by atoms with Gasteiger partial charge in [-0.25, -0.2) is 0 Å². The number of fused-ring (bicyclic) bond motifs is 1. The maximum Gasteiger partial charge on any atom is 0.417 e. The first kappa shape index (κ1) is 11.5. The molecule has 6 heteroatoms. The summed E-state index contributed by atoms with van der Waals surface area (Å²) in [5.41, 5.74) is -0.497. The van der Waals surface area contributed by atoms with E-state index in [2.05, 4.69) is 15.6 Å². The van der Waals surface area contributed by atoms with E-state index in [1.807, 2.05) is 0 Å². The summed E-state index contributed by atoms with van der Waals surface area (Å²) in [6.45, 7) is 1.46. The molecular weight excluding hydrogens is 243 g/mol. The molecule has 2 aliphatic rings. The minimum Gasteiger partial charge on any atom is -0.364 e. The zero-order chi connectivity index (χ0) is 12.8. The fourth-order valence-electron chi connectivity index (χ4n) is 2.41. The molecule has 0 amide bonds. The van der Waals surface area contributed by atoms with Crippen molar-refractivity contribution in [2.45, 2.75) is 18.3 Å². The minimum atomic E-state index is -4.35. The number of amidine groups is 1. The fourth-order valence-corrected chi connectivity index (χ4v) is 2.41. The molecule has 1 fully saturated rings. The molecule has 0 aromatic heterocycles. The largest absolute Gasteiger partial charge is 0.417 e. The summed E-state index contributed by atoms with van der Waals surface area (Å²) in [6, 6.07) is 5.70. The van der Waals surface area contributed by atoms with E-state index in [1.165, 1.54) is 12.1 Å². The topological polar surface area (TPSA) is 36.4 Å². The third-order valence-electron chi connectivity index (χ3n) is 3.29. The number of alkyl halides is 3. The van der Waals surface area contributed by atoms with E-state index in [0.29, 0.717) is 5.84 Å². The van der Waals surface area contributed by atoms with Crippen LogP contribution in [0.3, 0.4) is 0 Å². The molecule has 3 rings (SSSR count). The Kier molecular flexibility index (Phi) is 2.55. The molecule has 2 N–H and O–H groups in total. The van der Waals surface area contributed by atoms with Crippen LogP contribution in [0, 0.1) is 0 Å². The average Bonchev–Trinajstić information content (AvgIpc) is 2.87. The van der Waals surface area contributed by atoms with Gasteiger partial charge in [0.2, 0.25) is 0 Å². The number of nitrogens with zero attached hydrogens (tertiary/aromatic N) is 1. The van der Waals surface area contributed by atoms with Gasteiger partial charge in [0.05, 0.1) is 17.6 Å². The Hall–Kier alpha value is -1.56. The zero-order valence-corrected chi connectivity index (χ0v) is 9.46. The quantitative estimate of drug-likeness (QED) is 0.795. The van der Waals surface area contributed by atoms with E-state index in [9.17, 15) is 13.2 Å². The third-order valence-corrected chi connectivity index (χ3v) is 3.29. The fraction of sp³-hybridized carbons (Fsp3) is 0.417. The molecule has 0 bridgehead atoms. The highest BCUT2D eigenvalue weighted by Crippen LogP contribution is 2.32. The molecule has 1 aromatic carbocycles. The lowest BCUT2D eigenvalue weighted by Crippen LogP contribution is -2.35. The van der Waals surface area contributed by atoms with E-state index >= 15 is 0 Å². The molecule has 2 heterocycles. The van der Waals surface area contributed by atoms with Crippen LogP contribution in [0.4, 0.5) is 13.2 Å². The molecule has 1 saturated heterocycles. The molecule has 0 saturated carbocycles. The monoisotopic (exact) mass is 255 g/mol. The van der Waals surface area contributed by atoms with Crippen LogP contribution in [-0.2, 0) is 6.18 Å². The van der Waals surface area contributed by atoms with Gasteiger partial charge in [-0.3, -0.25) is 4.99 Å². The summed E-state index contributed by atoms with van der Waals surface area (Å²) < 4.78 is 38.7. The van der Waals surface area contributed by atoms with Crippen molar-refractivity contribution < 1.29 is 13.2 Å². The van der Waals surface area contributed by atoms with Gasteiger partial charge in [-0.1, -0.05) is 18.2 Å². The maximum atomic E-state index is 12.9. The first-order valence-corrected chi connectivity index (χ1v) is 5.77. The van der Waals surface area contributed by atoms with Gasteiger partial charge in [0, 0.05) is 18.7 Å². The van der Waals surface area contributed by atoms with Crippen LogP contribution in [-0.4, -0.2) is 31.0 Å². The van der Waals surface area contributed by atoms with E-state index in [0.717, 1.165) is 19.2 Å². The standard InChI is InChI=1S/C12H12F3N3/c13-12(14,15)8-4-2-1-3-7(8)11-17-9-5-16-6-10(9)18-11/h1-4,9-10,16H,5-6H2,(H,17,18). The van der Waals surface area contributed by atoms with Crippen molar-refractivity contribution in [3.05, 3.63) is 35.4 Å².